The van der Waals surface area contributed by atoms with Gasteiger partial charge in [0.1, 0.15) is 5.82 Å². The van der Waals surface area contributed by atoms with Gasteiger partial charge in [0.2, 0.25) is 0 Å². The van der Waals surface area contributed by atoms with Crippen molar-refractivity contribution < 1.29 is 0 Å². The van der Waals surface area contributed by atoms with Crippen molar-refractivity contribution in [2.24, 2.45) is 0 Å². The highest BCUT2D eigenvalue weighted by molar-refractivity contribution is 5.01. The number of aromatic nitrogens is 2. The fraction of sp³-hybridized carbons (Fsp3) is 0.333. The molecule has 0 saturated carbocycles. The first-order chi connectivity index (χ1) is 5.97. The molecule has 1 atom stereocenters. The van der Waals surface area contributed by atoms with Gasteiger partial charge in [0.25, 0.3) is 0 Å². The molecule has 0 fully saturated rings. The van der Waals surface area contributed by atoms with Gasteiger partial charge in [-0.25, -0.2) is 9.97 Å². The second-order valence-corrected chi connectivity index (χ2v) is 2.81. The zero-order chi connectivity index (χ0) is 8.23. The SMILES string of the molecule is C1=CNC(c2ncccn2)CC1. The summed E-state index contributed by atoms with van der Waals surface area (Å²) in [6.45, 7) is 0. The molecule has 1 N–H and O–H groups in total. The zero-order valence-corrected chi connectivity index (χ0v) is 6.77. The Hall–Kier alpha value is -1.38. The minimum Gasteiger partial charge on any atom is -0.381 e. The van der Waals surface area contributed by atoms with E-state index in [0.717, 1.165) is 18.7 Å². The Morgan fingerprint density at radius 3 is 2.83 bits per heavy atom. The van der Waals surface area contributed by atoms with Gasteiger partial charge in [-0.2, -0.15) is 0 Å². The smallest absolute Gasteiger partial charge is 0.150 e. The van der Waals surface area contributed by atoms with Crippen LogP contribution in [0.4, 0.5) is 0 Å². The summed E-state index contributed by atoms with van der Waals surface area (Å²) in [7, 11) is 0. The Bertz CT molecular complexity index is 268. The molecule has 1 aromatic rings. The van der Waals surface area contributed by atoms with Crippen molar-refractivity contribution in [1.82, 2.24) is 15.3 Å². The van der Waals surface area contributed by atoms with Crippen molar-refractivity contribution in [1.29, 1.82) is 0 Å². The fourth-order valence-electron chi connectivity index (χ4n) is 1.31. The van der Waals surface area contributed by atoms with Crippen molar-refractivity contribution in [2.45, 2.75) is 18.9 Å². The van der Waals surface area contributed by atoms with Crippen LogP contribution in [0.1, 0.15) is 24.7 Å². The lowest BCUT2D eigenvalue weighted by atomic mass is 10.1. The van der Waals surface area contributed by atoms with Crippen molar-refractivity contribution in [2.75, 3.05) is 0 Å². The van der Waals surface area contributed by atoms with E-state index in [2.05, 4.69) is 21.4 Å². The first-order valence-corrected chi connectivity index (χ1v) is 4.15. The molecule has 3 nitrogen and oxygen atoms in total. The quantitative estimate of drug-likeness (QED) is 0.676. The minimum atomic E-state index is 0.302. The van der Waals surface area contributed by atoms with Gasteiger partial charge in [0, 0.05) is 12.4 Å². The van der Waals surface area contributed by atoms with E-state index >= 15 is 0 Å². The molecule has 0 spiro atoms. The van der Waals surface area contributed by atoms with Gasteiger partial charge >= 0.3 is 0 Å². The average molecular weight is 161 g/mol. The maximum atomic E-state index is 4.19. The van der Waals surface area contributed by atoms with E-state index in [1.54, 1.807) is 12.4 Å². The molecule has 1 aliphatic heterocycles. The van der Waals surface area contributed by atoms with E-state index < -0.39 is 0 Å². The molecule has 1 unspecified atom stereocenters. The van der Waals surface area contributed by atoms with E-state index in [4.69, 9.17) is 0 Å². The lowest BCUT2D eigenvalue weighted by Crippen LogP contribution is -2.20. The van der Waals surface area contributed by atoms with Crippen LogP contribution in [0.15, 0.2) is 30.7 Å². The van der Waals surface area contributed by atoms with E-state index in [1.807, 2.05) is 12.3 Å². The topological polar surface area (TPSA) is 37.8 Å². The van der Waals surface area contributed by atoms with Gasteiger partial charge < -0.3 is 5.32 Å². The molecule has 2 rings (SSSR count). The lowest BCUT2D eigenvalue weighted by molar-refractivity contribution is 0.524. The third-order valence-electron chi connectivity index (χ3n) is 1.93. The summed E-state index contributed by atoms with van der Waals surface area (Å²) in [6, 6.07) is 2.14. The molecular formula is C9H11N3. The van der Waals surface area contributed by atoms with Crippen LogP contribution >= 0.6 is 0 Å². The van der Waals surface area contributed by atoms with Gasteiger partial charge in [0.15, 0.2) is 0 Å². The van der Waals surface area contributed by atoms with Crippen LogP contribution in [0, 0.1) is 0 Å². The highest BCUT2D eigenvalue weighted by atomic mass is 15.0. The molecule has 0 saturated heterocycles. The zero-order valence-electron chi connectivity index (χ0n) is 6.77. The van der Waals surface area contributed by atoms with E-state index in [9.17, 15) is 0 Å². The summed E-state index contributed by atoms with van der Waals surface area (Å²) in [4.78, 5) is 8.39. The van der Waals surface area contributed by atoms with Crippen molar-refractivity contribution in [3.8, 4) is 0 Å². The number of allylic oxidation sites excluding steroid dienone is 1. The second kappa shape index (κ2) is 3.34. The fourth-order valence-corrected chi connectivity index (χ4v) is 1.31. The van der Waals surface area contributed by atoms with Crippen LogP contribution in [0.3, 0.4) is 0 Å². The van der Waals surface area contributed by atoms with Crippen molar-refractivity contribution in [3.05, 3.63) is 36.6 Å². The second-order valence-electron chi connectivity index (χ2n) is 2.81. The van der Waals surface area contributed by atoms with Crippen molar-refractivity contribution >= 4 is 0 Å². The van der Waals surface area contributed by atoms with Gasteiger partial charge in [-0.15, -0.1) is 0 Å². The van der Waals surface area contributed by atoms with Crippen LogP contribution in [-0.4, -0.2) is 9.97 Å². The third kappa shape index (κ3) is 1.44. The third-order valence-corrected chi connectivity index (χ3v) is 1.93. The summed E-state index contributed by atoms with van der Waals surface area (Å²) < 4.78 is 0. The Morgan fingerprint density at radius 1 is 1.33 bits per heavy atom. The molecule has 0 amide bonds. The highest BCUT2D eigenvalue weighted by Gasteiger charge is 2.12. The standard InChI is InChI=1S/C9H11N3/c1-2-5-10-8(4-1)9-11-6-3-7-12-9/h2-3,5-8,10H,1,4H2. The summed E-state index contributed by atoms with van der Waals surface area (Å²) >= 11 is 0. The van der Waals surface area contributed by atoms with Gasteiger partial charge in [0.05, 0.1) is 6.04 Å². The number of rotatable bonds is 1. The predicted molar refractivity (Wildman–Crippen MR) is 46.3 cm³/mol. The molecular weight excluding hydrogens is 150 g/mol. The molecule has 0 aliphatic carbocycles. The first kappa shape index (κ1) is 7.28. The first-order valence-electron chi connectivity index (χ1n) is 4.15. The largest absolute Gasteiger partial charge is 0.381 e. The maximum Gasteiger partial charge on any atom is 0.150 e. The van der Waals surface area contributed by atoms with E-state index in [-0.39, 0.29) is 0 Å². The van der Waals surface area contributed by atoms with Crippen LogP contribution in [0.25, 0.3) is 0 Å². The van der Waals surface area contributed by atoms with Crippen molar-refractivity contribution in [3.63, 3.8) is 0 Å². The van der Waals surface area contributed by atoms with Crippen LogP contribution in [0.5, 0.6) is 0 Å². The molecule has 0 bridgehead atoms. The Labute approximate surface area is 71.5 Å². The van der Waals surface area contributed by atoms with Gasteiger partial charge in [-0.1, -0.05) is 6.08 Å². The summed E-state index contributed by atoms with van der Waals surface area (Å²) in [5.74, 6) is 0.891. The molecule has 0 aromatic carbocycles. The lowest BCUT2D eigenvalue weighted by Gasteiger charge is -2.17. The molecule has 1 aromatic heterocycles. The number of nitrogens with one attached hydrogen (secondary N) is 1. The number of hydrogen-bond acceptors (Lipinski definition) is 3. The van der Waals surface area contributed by atoms with E-state index in [1.165, 1.54) is 0 Å². The Morgan fingerprint density at radius 2 is 2.17 bits per heavy atom. The Kier molecular flexibility index (Phi) is 2.03. The van der Waals surface area contributed by atoms with Crippen LogP contribution in [0.2, 0.25) is 0 Å². The highest BCUT2D eigenvalue weighted by Crippen LogP contribution is 2.16. The molecule has 1 aliphatic rings. The Balaban J connectivity index is 2.15. The summed E-state index contributed by atoms with van der Waals surface area (Å²) in [5, 5.41) is 3.23. The predicted octanol–water partition coefficient (Wildman–Crippen LogP) is 1.41. The van der Waals surface area contributed by atoms with Crippen LogP contribution in [-0.2, 0) is 0 Å². The molecule has 62 valence electrons. The monoisotopic (exact) mass is 161 g/mol. The van der Waals surface area contributed by atoms with E-state index in [0.29, 0.717) is 6.04 Å². The normalized spacial score (nSPS) is 21.8. The van der Waals surface area contributed by atoms with Gasteiger partial charge in [-0.3, -0.25) is 0 Å². The molecule has 12 heavy (non-hydrogen) atoms. The maximum absolute atomic E-state index is 4.19. The summed E-state index contributed by atoms with van der Waals surface area (Å²) in [6.07, 6.45) is 9.85. The summed E-state index contributed by atoms with van der Waals surface area (Å²) in [5.41, 5.74) is 0. The number of nitrogens with zero attached hydrogens (tertiary/aromatic N) is 2. The average Bonchev–Trinajstić information content (AvgIpc) is 2.21. The van der Waals surface area contributed by atoms with Gasteiger partial charge in [-0.05, 0) is 25.1 Å². The van der Waals surface area contributed by atoms with Crippen LogP contribution < -0.4 is 5.32 Å². The molecule has 3 heteroatoms. The minimum absolute atomic E-state index is 0.302. The molecule has 0 radical (unpaired) electrons. The molecule has 2 heterocycles. The number of hydrogen-bond donors (Lipinski definition) is 1.